The third kappa shape index (κ3) is 5.07. The molecular weight excluding hydrogens is 292 g/mol. The van der Waals surface area contributed by atoms with Gasteiger partial charge in [0.05, 0.1) is 6.61 Å². The van der Waals surface area contributed by atoms with Crippen LogP contribution >= 0.6 is 0 Å². The zero-order chi connectivity index (χ0) is 17.0. The van der Waals surface area contributed by atoms with E-state index in [9.17, 15) is 4.79 Å². The molecule has 1 aromatic rings. The second-order valence-electron chi connectivity index (χ2n) is 7.20. The molecule has 1 aromatic heterocycles. The van der Waals surface area contributed by atoms with Crippen LogP contribution in [-0.2, 0) is 11.0 Å². The first-order valence-corrected chi connectivity index (χ1v) is 10.4. The Bertz CT molecular complexity index is 546. The van der Waals surface area contributed by atoms with Crippen LogP contribution < -0.4 is 0 Å². The topological polar surface area (TPSA) is 42.4 Å². The van der Waals surface area contributed by atoms with Crippen LogP contribution in [0.3, 0.4) is 0 Å². The van der Waals surface area contributed by atoms with Crippen molar-refractivity contribution in [3.05, 3.63) is 41.9 Å². The number of pyridine rings is 1. The van der Waals surface area contributed by atoms with Crippen LogP contribution in [0, 0.1) is 0 Å². The Labute approximate surface area is 135 Å². The quantitative estimate of drug-likeness (QED) is 0.453. The van der Waals surface area contributed by atoms with Crippen LogP contribution in [0.2, 0.25) is 18.1 Å². The van der Waals surface area contributed by atoms with Crippen LogP contribution in [0.5, 0.6) is 0 Å². The van der Waals surface area contributed by atoms with Crippen molar-refractivity contribution in [1.29, 1.82) is 0 Å². The van der Waals surface area contributed by atoms with Gasteiger partial charge in [-0.2, -0.15) is 0 Å². The van der Waals surface area contributed by atoms with E-state index in [1.54, 1.807) is 12.4 Å². The minimum Gasteiger partial charge on any atom is -0.412 e. The molecule has 0 aromatic carbocycles. The second-order valence-corrected chi connectivity index (χ2v) is 12.0. The van der Waals surface area contributed by atoms with Crippen LogP contribution in [0.25, 0.3) is 0 Å². The van der Waals surface area contributed by atoms with E-state index in [-0.39, 0.29) is 10.8 Å². The van der Waals surface area contributed by atoms with Gasteiger partial charge in [0.15, 0.2) is 8.32 Å². The maximum Gasteiger partial charge on any atom is 0.205 e. The molecule has 122 valence electrons. The number of hydrogen-bond donors (Lipinski definition) is 0. The van der Waals surface area contributed by atoms with E-state index < -0.39 is 8.32 Å². The van der Waals surface area contributed by atoms with Gasteiger partial charge in [0.25, 0.3) is 0 Å². The van der Waals surface area contributed by atoms with Crippen LogP contribution in [-0.4, -0.2) is 38.1 Å². The molecule has 0 bridgehead atoms. The van der Waals surface area contributed by atoms with Gasteiger partial charge in [-0.1, -0.05) is 26.8 Å². The summed E-state index contributed by atoms with van der Waals surface area (Å²) in [7, 11) is 1.91. The fourth-order valence-corrected chi connectivity index (χ4v) is 2.50. The van der Waals surface area contributed by atoms with Gasteiger partial charge in [0, 0.05) is 38.1 Å². The van der Waals surface area contributed by atoms with Crippen LogP contribution in [0.4, 0.5) is 0 Å². The summed E-state index contributed by atoms with van der Waals surface area (Å²) in [5.41, 5.74) is 1.32. The first-order chi connectivity index (χ1) is 10.0. The molecule has 1 heterocycles. The SMILES string of the molecule is CN(C)/C=C/C(=O)c1ncccc1CO[Si](C)(C)C(C)(C)C. The van der Waals surface area contributed by atoms with E-state index in [1.165, 1.54) is 6.08 Å². The normalized spacial score (nSPS) is 12.7. The van der Waals surface area contributed by atoms with E-state index >= 15 is 0 Å². The third-order valence-electron chi connectivity index (χ3n) is 4.04. The van der Waals surface area contributed by atoms with Crippen molar-refractivity contribution in [3.63, 3.8) is 0 Å². The highest BCUT2D eigenvalue weighted by atomic mass is 28.4. The van der Waals surface area contributed by atoms with Crippen molar-refractivity contribution in [3.8, 4) is 0 Å². The van der Waals surface area contributed by atoms with Crippen LogP contribution in [0.1, 0.15) is 36.8 Å². The number of aromatic nitrogens is 1. The number of carbonyl (C=O) groups excluding carboxylic acids is 1. The van der Waals surface area contributed by atoms with Crippen molar-refractivity contribution >= 4 is 14.1 Å². The summed E-state index contributed by atoms with van der Waals surface area (Å²) in [5, 5.41) is 0.143. The first kappa shape index (κ1) is 18.6. The molecule has 0 aliphatic rings. The lowest BCUT2D eigenvalue weighted by molar-refractivity contribution is 0.103. The molecule has 0 aliphatic heterocycles. The highest BCUT2D eigenvalue weighted by Gasteiger charge is 2.37. The Morgan fingerprint density at radius 1 is 1.36 bits per heavy atom. The molecule has 0 saturated carbocycles. The molecular formula is C17H28N2O2Si. The Morgan fingerprint density at radius 2 is 2.00 bits per heavy atom. The average molecular weight is 321 g/mol. The molecule has 0 atom stereocenters. The third-order valence-corrected chi connectivity index (χ3v) is 8.52. The van der Waals surface area contributed by atoms with E-state index in [0.29, 0.717) is 12.3 Å². The molecule has 22 heavy (non-hydrogen) atoms. The number of rotatable bonds is 6. The van der Waals surface area contributed by atoms with Gasteiger partial charge in [-0.05, 0) is 24.2 Å². The lowest BCUT2D eigenvalue weighted by atomic mass is 10.1. The smallest absolute Gasteiger partial charge is 0.205 e. The molecule has 0 amide bonds. The van der Waals surface area contributed by atoms with Crippen molar-refractivity contribution in [2.75, 3.05) is 14.1 Å². The predicted molar refractivity (Wildman–Crippen MR) is 93.4 cm³/mol. The molecule has 0 radical (unpaired) electrons. The fourth-order valence-electron chi connectivity index (χ4n) is 1.55. The molecule has 4 nitrogen and oxygen atoms in total. The largest absolute Gasteiger partial charge is 0.412 e. The highest BCUT2D eigenvalue weighted by molar-refractivity contribution is 6.74. The summed E-state index contributed by atoms with van der Waals surface area (Å²) in [4.78, 5) is 18.3. The Morgan fingerprint density at radius 3 is 2.55 bits per heavy atom. The molecule has 0 unspecified atom stereocenters. The predicted octanol–water partition coefficient (Wildman–Crippen LogP) is 3.86. The number of ketones is 1. The van der Waals surface area contributed by atoms with Gasteiger partial charge in [0.1, 0.15) is 5.69 Å². The summed E-state index contributed by atoms with van der Waals surface area (Å²) < 4.78 is 6.21. The van der Waals surface area contributed by atoms with E-state index in [2.05, 4.69) is 38.8 Å². The molecule has 1 rings (SSSR count). The van der Waals surface area contributed by atoms with Gasteiger partial charge < -0.3 is 9.33 Å². The average Bonchev–Trinajstić information content (AvgIpc) is 2.41. The molecule has 0 N–H and O–H groups in total. The summed E-state index contributed by atoms with van der Waals surface area (Å²) in [6, 6.07) is 3.76. The Balaban J connectivity index is 2.92. The van der Waals surface area contributed by atoms with E-state index in [0.717, 1.165) is 5.56 Å². The summed E-state index contributed by atoms with van der Waals surface area (Å²) in [6.07, 6.45) is 4.92. The van der Waals surface area contributed by atoms with Crippen LogP contribution in [0.15, 0.2) is 30.6 Å². The minimum absolute atomic E-state index is 0.0943. The summed E-state index contributed by atoms with van der Waals surface area (Å²) in [6.45, 7) is 11.5. The molecule has 0 fully saturated rings. The van der Waals surface area contributed by atoms with E-state index in [4.69, 9.17) is 4.43 Å². The number of allylic oxidation sites excluding steroid dienone is 1. The van der Waals surface area contributed by atoms with Gasteiger partial charge in [0.2, 0.25) is 5.78 Å². The van der Waals surface area contributed by atoms with Crippen molar-refractivity contribution in [2.24, 2.45) is 0 Å². The molecule has 5 heteroatoms. The fraction of sp³-hybridized carbons (Fsp3) is 0.529. The monoisotopic (exact) mass is 320 g/mol. The van der Waals surface area contributed by atoms with Crippen molar-refractivity contribution < 1.29 is 9.22 Å². The highest BCUT2D eigenvalue weighted by Crippen LogP contribution is 2.37. The zero-order valence-electron chi connectivity index (χ0n) is 14.8. The number of carbonyl (C=O) groups is 1. The second kappa shape index (κ2) is 7.20. The maximum atomic E-state index is 12.3. The van der Waals surface area contributed by atoms with Crippen molar-refractivity contribution in [1.82, 2.24) is 9.88 Å². The van der Waals surface area contributed by atoms with E-state index in [1.807, 2.05) is 31.1 Å². The lowest BCUT2D eigenvalue weighted by Crippen LogP contribution is -2.40. The zero-order valence-corrected chi connectivity index (χ0v) is 15.8. The Hall–Kier alpha value is -1.46. The Kier molecular flexibility index (Phi) is 6.08. The molecule has 0 saturated heterocycles. The minimum atomic E-state index is -1.85. The summed E-state index contributed by atoms with van der Waals surface area (Å²) >= 11 is 0. The number of hydrogen-bond acceptors (Lipinski definition) is 4. The lowest BCUT2D eigenvalue weighted by Gasteiger charge is -2.36. The molecule has 0 aliphatic carbocycles. The van der Waals surface area contributed by atoms with Crippen molar-refractivity contribution in [2.45, 2.75) is 45.5 Å². The van der Waals surface area contributed by atoms with Gasteiger partial charge in [-0.15, -0.1) is 0 Å². The molecule has 0 spiro atoms. The number of nitrogens with zero attached hydrogens (tertiary/aromatic N) is 2. The van der Waals surface area contributed by atoms with Gasteiger partial charge in [-0.3, -0.25) is 9.78 Å². The standard InChI is InChI=1S/C17H28N2O2Si/c1-17(2,3)22(6,7)21-13-14-9-8-11-18-16(14)15(20)10-12-19(4)5/h8-12H,13H2,1-7H3/b12-10+. The van der Waals surface area contributed by atoms with Gasteiger partial charge >= 0.3 is 0 Å². The first-order valence-electron chi connectivity index (χ1n) is 7.51. The van der Waals surface area contributed by atoms with Gasteiger partial charge in [-0.25, -0.2) is 0 Å². The summed E-state index contributed by atoms with van der Waals surface area (Å²) in [5.74, 6) is -0.0943. The maximum absolute atomic E-state index is 12.3.